The lowest BCUT2D eigenvalue weighted by atomic mass is 9.87. The topological polar surface area (TPSA) is 0 Å². The summed E-state index contributed by atoms with van der Waals surface area (Å²) in [7, 11) is 1.16. The Bertz CT molecular complexity index is 245. The Labute approximate surface area is 72.1 Å². The van der Waals surface area contributed by atoms with E-state index in [1.165, 1.54) is 10.8 Å². The zero-order valence-electron chi connectivity index (χ0n) is 7.81. The van der Waals surface area contributed by atoms with Gasteiger partial charge in [-0.05, 0) is 11.0 Å². The first-order valence-corrected chi connectivity index (χ1v) is 5.07. The van der Waals surface area contributed by atoms with E-state index in [-0.39, 0.29) is 0 Å². The van der Waals surface area contributed by atoms with Crippen molar-refractivity contribution < 1.29 is 0 Å². The SMILES string of the molecule is CC(C)(C)c1cccc([SiH3])c1. The molecule has 11 heavy (non-hydrogen) atoms. The third-order valence-corrected chi connectivity index (χ3v) is 2.51. The van der Waals surface area contributed by atoms with Gasteiger partial charge in [0.15, 0.2) is 0 Å². The minimum Gasteiger partial charge on any atom is -0.0705 e. The normalized spacial score (nSPS) is 11.9. The van der Waals surface area contributed by atoms with E-state index in [9.17, 15) is 0 Å². The van der Waals surface area contributed by atoms with Gasteiger partial charge in [0.25, 0.3) is 0 Å². The third kappa shape index (κ3) is 2.19. The number of hydrogen-bond donors (Lipinski definition) is 0. The Morgan fingerprint density at radius 3 is 2.18 bits per heavy atom. The molecule has 0 aliphatic rings. The molecule has 0 aliphatic heterocycles. The molecule has 0 nitrogen and oxygen atoms in total. The van der Waals surface area contributed by atoms with Crippen LogP contribution in [0.2, 0.25) is 0 Å². The zero-order chi connectivity index (χ0) is 8.48. The van der Waals surface area contributed by atoms with Crippen LogP contribution in [-0.2, 0) is 5.41 Å². The second-order valence-electron chi connectivity index (χ2n) is 4.12. The van der Waals surface area contributed by atoms with Gasteiger partial charge in [-0.1, -0.05) is 50.2 Å². The maximum absolute atomic E-state index is 2.31. The number of rotatable bonds is 0. The van der Waals surface area contributed by atoms with E-state index in [0.717, 1.165) is 10.2 Å². The quantitative estimate of drug-likeness (QED) is 0.501. The average Bonchev–Trinajstić information content (AvgIpc) is 1.86. The van der Waals surface area contributed by atoms with E-state index in [1.807, 2.05) is 0 Å². The summed E-state index contributed by atoms with van der Waals surface area (Å²) in [4.78, 5) is 0. The third-order valence-electron chi connectivity index (χ3n) is 1.88. The summed E-state index contributed by atoms with van der Waals surface area (Å²) in [6.07, 6.45) is 0. The lowest BCUT2D eigenvalue weighted by Crippen LogP contribution is -2.14. The van der Waals surface area contributed by atoms with E-state index in [1.54, 1.807) is 0 Å². The Morgan fingerprint density at radius 2 is 1.82 bits per heavy atom. The molecule has 0 saturated carbocycles. The van der Waals surface area contributed by atoms with Crippen LogP contribution < -0.4 is 5.19 Å². The standard InChI is InChI=1S/C10H16Si/c1-10(2,3)8-5-4-6-9(11)7-8/h4-7H,1-3,11H3. The molecule has 0 bridgehead atoms. The van der Waals surface area contributed by atoms with E-state index in [0.29, 0.717) is 5.41 Å². The van der Waals surface area contributed by atoms with Crippen LogP contribution in [0.25, 0.3) is 0 Å². The Balaban J connectivity index is 3.06. The van der Waals surface area contributed by atoms with Gasteiger partial charge in [-0.25, -0.2) is 0 Å². The number of benzene rings is 1. The van der Waals surface area contributed by atoms with Crippen LogP contribution in [0.1, 0.15) is 26.3 Å². The second kappa shape index (κ2) is 2.82. The summed E-state index contributed by atoms with van der Waals surface area (Å²) >= 11 is 0. The van der Waals surface area contributed by atoms with Gasteiger partial charge in [0.1, 0.15) is 0 Å². The average molecular weight is 164 g/mol. The summed E-state index contributed by atoms with van der Waals surface area (Å²) in [6.45, 7) is 6.76. The first-order chi connectivity index (χ1) is 5.00. The molecule has 1 rings (SSSR count). The van der Waals surface area contributed by atoms with Crippen LogP contribution >= 0.6 is 0 Å². The zero-order valence-corrected chi connectivity index (χ0v) is 9.81. The van der Waals surface area contributed by atoms with Gasteiger partial charge in [0, 0.05) is 10.2 Å². The van der Waals surface area contributed by atoms with Crippen LogP contribution in [-0.4, -0.2) is 10.2 Å². The van der Waals surface area contributed by atoms with E-state index < -0.39 is 0 Å². The summed E-state index contributed by atoms with van der Waals surface area (Å²) < 4.78 is 0. The fourth-order valence-electron chi connectivity index (χ4n) is 1.11. The summed E-state index contributed by atoms with van der Waals surface area (Å²) in [5, 5.41) is 1.48. The minimum atomic E-state index is 0.306. The molecule has 0 atom stereocenters. The van der Waals surface area contributed by atoms with Crippen molar-refractivity contribution in [1.29, 1.82) is 0 Å². The Kier molecular flexibility index (Phi) is 2.19. The van der Waals surface area contributed by atoms with Crippen molar-refractivity contribution in [2.75, 3.05) is 0 Å². The van der Waals surface area contributed by atoms with Crippen LogP contribution in [0.4, 0.5) is 0 Å². The van der Waals surface area contributed by atoms with Crippen molar-refractivity contribution in [2.24, 2.45) is 0 Å². The molecule has 0 unspecified atom stereocenters. The van der Waals surface area contributed by atoms with Crippen LogP contribution in [0, 0.1) is 0 Å². The van der Waals surface area contributed by atoms with Crippen molar-refractivity contribution in [3.8, 4) is 0 Å². The van der Waals surface area contributed by atoms with Crippen molar-refractivity contribution in [3.63, 3.8) is 0 Å². The lowest BCUT2D eigenvalue weighted by molar-refractivity contribution is 0.591. The fourth-order valence-corrected chi connectivity index (χ4v) is 1.62. The maximum atomic E-state index is 2.31. The first-order valence-electron chi connectivity index (χ1n) is 4.07. The highest BCUT2D eigenvalue weighted by molar-refractivity contribution is 6.32. The van der Waals surface area contributed by atoms with Crippen LogP contribution in [0.5, 0.6) is 0 Å². The van der Waals surface area contributed by atoms with Crippen molar-refractivity contribution in [2.45, 2.75) is 26.2 Å². The Hall–Kier alpha value is -0.563. The molecule has 1 heteroatoms. The molecule has 0 spiro atoms. The molecule has 0 fully saturated rings. The van der Waals surface area contributed by atoms with Gasteiger partial charge in [0.2, 0.25) is 0 Å². The maximum Gasteiger partial charge on any atom is 0.0385 e. The minimum absolute atomic E-state index is 0.306. The highest BCUT2D eigenvalue weighted by Crippen LogP contribution is 2.20. The van der Waals surface area contributed by atoms with Crippen LogP contribution in [0.3, 0.4) is 0 Å². The lowest BCUT2D eigenvalue weighted by Gasteiger charge is -2.19. The summed E-state index contributed by atoms with van der Waals surface area (Å²) in [6, 6.07) is 8.87. The molecular weight excluding hydrogens is 148 g/mol. The molecule has 0 amide bonds. The van der Waals surface area contributed by atoms with Gasteiger partial charge in [-0.15, -0.1) is 0 Å². The monoisotopic (exact) mass is 164 g/mol. The van der Waals surface area contributed by atoms with Gasteiger partial charge in [-0.2, -0.15) is 0 Å². The van der Waals surface area contributed by atoms with Gasteiger partial charge in [0.05, 0.1) is 0 Å². The van der Waals surface area contributed by atoms with Crippen LogP contribution in [0.15, 0.2) is 24.3 Å². The van der Waals surface area contributed by atoms with E-state index in [4.69, 9.17) is 0 Å². The molecule has 0 N–H and O–H groups in total. The highest BCUT2D eigenvalue weighted by atomic mass is 28.1. The Morgan fingerprint density at radius 1 is 1.18 bits per heavy atom. The van der Waals surface area contributed by atoms with E-state index >= 15 is 0 Å². The number of hydrogen-bond acceptors (Lipinski definition) is 0. The summed E-state index contributed by atoms with van der Waals surface area (Å²) in [5.74, 6) is 0. The van der Waals surface area contributed by atoms with Gasteiger partial charge >= 0.3 is 0 Å². The molecule has 0 radical (unpaired) electrons. The highest BCUT2D eigenvalue weighted by Gasteiger charge is 2.12. The molecule has 1 aromatic carbocycles. The molecule has 60 valence electrons. The van der Waals surface area contributed by atoms with Crippen molar-refractivity contribution in [3.05, 3.63) is 29.8 Å². The predicted octanol–water partition coefficient (Wildman–Crippen LogP) is 0.975. The predicted molar refractivity (Wildman–Crippen MR) is 54.7 cm³/mol. The first kappa shape index (κ1) is 8.53. The molecule has 0 saturated heterocycles. The molecule has 0 aromatic heterocycles. The van der Waals surface area contributed by atoms with Gasteiger partial charge in [-0.3, -0.25) is 0 Å². The fraction of sp³-hybridized carbons (Fsp3) is 0.400. The summed E-state index contributed by atoms with van der Waals surface area (Å²) in [5.41, 5.74) is 1.76. The van der Waals surface area contributed by atoms with E-state index in [2.05, 4.69) is 45.0 Å². The smallest absolute Gasteiger partial charge is 0.0385 e. The molecule has 0 aliphatic carbocycles. The molecule has 0 heterocycles. The van der Waals surface area contributed by atoms with Crippen molar-refractivity contribution in [1.82, 2.24) is 0 Å². The largest absolute Gasteiger partial charge is 0.0705 e. The van der Waals surface area contributed by atoms with Gasteiger partial charge < -0.3 is 0 Å². The molecule has 1 aromatic rings. The second-order valence-corrected chi connectivity index (χ2v) is 5.27. The van der Waals surface area contributed by atoms with Crippen molar-refractivity contribution >= 4 is 15.4 Å². The molecular formula is C10H16Si.